The van der Waals surface area contributed by atoms with Gasteiger partial charge in [0.25, 0.3) is 0 Å². The Morgan fingerprint density at radius 2 is 0.455 bits per heavy atom. The topological polar surface area (TPSA) is 80.9 Å². The number of aliphatic hydroxyl groups is 4. The first-order valence-electron chi connectivity index (χ1n) is 7.09. The van der Waals surface area contributed by atoms with Crippen molar-refractivity contribution in [1.29, 1.82) is 0 Å². The molecule has 204 valence electrons. The van der Waals surface area contributed by atoms with Gasteiger partial charge in [-0.2, -0.15) is 35.1 Å². The molecule has 0 atom stereocenters. The van der Waals surface area contributed by atoms with Crippen molar-refractivity contribution in [2.24, 2.45) is 0 Å². The van der Waals surface area contributed by atoms with Gasteiger partial charge in [-0.25, -0.2) is 35.1 Å². The van der Waals surface area contributed by atoms with E-state index in [4.69, 9.17) is 20.4 Å². The first-order chi connectivity index (χ1) is 14.0. The number of hydrogen-bond acceptors (Lipinski definition) is 4. The third-order valence-corrected chi connectivity index (χ3v) is 2.12. The number of hydrogen-bond donors (Lipinski definition) is 4. The molecule has 0 saturated carbocycles. The maximum Gasteiger partial charge on any atom is 0.329 e. The molecule has 21 heteroatoms. The fraction of sp³-hybridized carbons (Fsp3) is 1.00. The van der Waals surface area contributed by atoms with Gasteiger partial charge in [0.15, 0.2) is 0 Å². The Balaban J connectivity index is -0.000000105. The van der Waals surface area contributed by atoms with Crippen LogP contribution >= 0.6 is 0 Å². The molecule has 0 aliphatic rings. The predicted molar refractivity (Wildman–Crippen MR) is 72.1 cm³/mol. The van der Waals surface area contributed by atoms with E-state index in [1.807, 2.05) is 0 Å². The average Bonchev–Trinajstić information content (AvgIpc) is 2.68. The Labute approximate surface area is 189 Å². The molecule has 0 spiro atoms. The standard InChI is InChI=1S/4C3H4F4O.Ti/c4*4-2(5)3(6,7)1-8;/h4*2,8H,1H2;. The summed E-state index contributed by atoms with van der Waals surface area (Å²) in [5, 5.41) is 30.1. The Hall–Kier alpha value is -0.566. The van der Waals surface area contributed by atoms with Gasteiger partial charge in [0.05, 0.1) is 0 Å². The van der Waals surface area contributed by atoms with E-state index in [9.17, 15) is 70.2 Å². The van der Waals surface area contributed by atoms with Crippen LogP contribution in [0.25, 0.3) is 0 Å². The third-order valence-electron chi connectivity index (χ3n) is 2.12. The van der Waals surface area contributed by atoms with Crippen LogP contribution in [0.5, 0.6) is 0 Å². The van der Waals surface area contributed by atoms with Crippen LogP contribution in [0.2, 0.25) is 0 Å². The van der Waals surface area contributed by atoms with Gasteiger partial charge in [-0.3, -0.25) is 0 Å². The van der Waals surface area contributed by atoms with Gasteiger partial charge in [-0.1, -0.05) is 0 Å². The Morgan fingerprint density at radius 3 is 0.455 bits per heavy atom. The second-order valence-electron chi connectivity index (χ2n) is 4.88. The molecule has 0 aromatic rings. The molecule has 0 saturated heterocycles. The Kier molecular flexibility index (Phi) is 24.2. The second kappa shape index (κ2) is 18.7. The molecule has 0 radical (unpaired) electrons. The molecule has 4 nitrogen and oxygen atoms in total. The van der Waals surface area contributed by atoms with Gasteiger partial charge in [-0.15, -0.1) is 0 Å². The van der Waals surface area contributed by atoms with Gasteiger partial charge in [-0.05, 0) is 0 Å². The molecule has 0 unspecified atom stereocenters. The van der Waals surface area contributed by atoms with Crippen LogP contribution < -0.4 is 0 Å². The summed E-state index contributed by atoms with van der Waals surface area (Å²) in [6.07, 6.45) is -15.1. The van der Waals surface area contributed by atoms with E-state index < -0.39 is 75.8 Å². The smallest absolute Gasteiger partial charge is 0.329 e. The maximum absolute atomic E-state index is 11.3. The first kappa shape index (κ1) is 42.6. The Morgan fingerprint density at radius 1 is 0.364 bits per heavy atom. The molecule has 33 heavy (non-hydrogen) atoms. The van der Waals surface area contributed by atoms with Crippen LogP contribution in [0.4, 0.5) is 70.2 Å². The van der Waals surface area contributed by atoms with E-state index >= 15 is 0 Å². The monoisotopic (exact) mass is 576 g/mol. The second-order valence-corrected chi connectivity index (χ2v) is 4.88. The minimum absolute atomic E-state index is 0. The van der Waals surface area contributed by atoms with Crippen molar-refractivity contribution in [3.05, 3.63) is 0 Å². The van der Waals surface area contributed by atoms with Gasteiger partial charge in [0.2, 0.25) is 0 Å². The molecule has 0 aliphatic heterocycles. The molecule has 0 rings (SSSR count). The Bertz CT molecular complexity index is 373. The number of alkyl halides is 16. The minimum Gasteiger partial charge on any atom is -0.390 e. The fourth-order valence-electron chi connectivity index (χ4n) is 0.276. The molecular weight excluding hydrogens is 560 g/mol. The number of halogens is 16. The summed E-state index contributed by atoms with van der Waals surface area (Å²) >= 11 is 0. The van der Waals surface area contributed by atoms with Gasteiger partial charge >= 0.3 is 49.4 Å². The molecule has 0 fully saturated rings. The number of rotatable bonds is 8. The van der Waals surface area contributed by atoms with Crippen molar-refractivity contribution in [3.63, 3.8) is 0 Å². The van der Waals surface area contributed by atoms with E-state index in [0.29, 0.717) is 0 Å². The van der Waals surface area contributed by atoms with Crippen LogP contribution in [-0.2, 0) is 21.7 Å². The first-order valence-corrected chi connectivity index (χ1v) is 7.09. The van der Waals surface area contributed by atoms with E-state index in [2.05, 4.69) is 0 Å². The van der Waals surface area contributed by atoms with Crippen LogP contribution in [0.3, 0.4) is 0 Å². The van der Waals surface area contributed by atoms with E-state index in [-0.39, 0.29) is 21.7 Å². The molecule has 0 aromatic heterocycles. The summed E-state index contributed by atoms with van der Waals surface area (Å²) in [6.45, 7) is -7.20. The predicted octanol–water partition coefficient (Wildman–Crippen LogP) is 3.51. The summed E-state index contributed by atoms with van der Waals surface area (Å²) in [6, 6.07) is 0. The summed E-state index contributed by atoms with van der Waals surface area (Å²) in [7, 11) is 0. The fourth-order valence-corrected chi connectivity index (χ4v) is 0.276. The zero-order valence-electron chi connectivity index (χ0n) is 15.5. The summed E-state index contributed by atoms with van der Waals surface area (Å²) in [5.74, 6) is -16.9. The minimum atomic E-state index is -4.24. The normalized spacial score (nSPS) is 12.4. The van der Waals surface area contributed by atoms with Crippen LogP contribution in [-0.4, -0.2) is 96.2 Å². The van der Waals surface area contributed by atoms with E-state index in [1.165, 1.54) is 0 Å². The summed E-state index contributed by atoms with van der Waals surface area (Å²) in [4.78, 5) is 0. The molecule has 0 heterocycles. The van der Waals surface area contributed by atoms with Crippen LogP contribution in [0, 0.1) is 0 Å². The van der Waals surface area contributed by atoms with Crippen LogP contribution in [0.1, 0.15) is 0 Å². The van der Waals surface area contributed by atoms with Crippen molar-refractivity contribution in [2.75, 3.05) is 26.4 Å². The van der Waals surface area contributed by atoms with Crippen molar-refractivity contribution in [3.8, 4) is 0 Å². The maximum atomic E-state index is 11.3. The van der Waals surface area contributed by atoms with Crippen molar-refractivity contribution in [2.45, 2.75) is 49.4 Å². The zero-order valence-corrected chi connectivity index (χ0v) is 17.0. The molecule has 0 aromatic carbocycles. The van der Waals surface area contributed by atoms with E-state index in [0.717, 1.165) is 0 Å². The van der Waals surface area contributed by atoms with Crippen molar-refractivity contribution in [1.82, 2.24) is 0 Å². The molecule has 0 aliphatic carbocycles. The van der Waals surface area contributed by atoms with Gasteiger partial charge < -0.3 is 20.4 Å². The van der Waals surface area contributed by atoms with Crippen LogP contribution in [0.15, 0.2) is 0 Å². The van der Waals surface area contributed by atoms with Crippen molar-refractivity contribution >= 4 is 0 Å². The summed E-state index contributed by atoms with van der Waals surface area (Å²) in [5.41, 5.74) is 0. The average molecular weight is 576 g/mol. The summed E-state index contributed by atoms with van der Waals surface area (Å²) < 4.78 is 177. The van der Waals surface area contributed by atoms with Gasteiger partial charge in [0, 0.05) is 21.7 Å². The molecule has 0 amide bonds. The van der Waals surface area contributed by atoms with Gasteiger partial charge in [0.1, 0.15) is 26.4 Å². The molecular formula is C12H16F16O4Ti. The largest absolute Gasteiger partial charge is 0.390 e. The number of aliphatic hydroxyl groups excluding tert-OH is 4. The van der Waals surface area contributed by atoms with Crippen molar-refractivity contribution < 1.29 is 112 Å². The van der Waals surface area contributed by atoms with E-state index in [1.54, 1.807) is 0 Å². The quantitative estimate of drug-likeness (QED) is 0.264. The zero-order chi connectivity index (χ0) is 27.1. The molecule has 0 bridgehead atoms. The SMILES string of the molecule is OCC(F)(F)C(F)F.OCC(F)(F)C(F)F.OCC(F)(F)C(F)F.OCC(F)(F)C(F)F.[Ti]. The molecule has 4 N–H and O–H groups in total. The third kappa shape index (κ3) is 21.7.